The van der Waals surface area contributed by atoms with Crippen LogP contribution in [0.5, 0.6) is 0 Å². The average molecular weight is 747 g/mol. The first-order valence-electron chi connectivity index (χ1n) is 19.9. The van der Waals surface area contributed by atoms with Crippen molar-refractivity contribution in [3.63, 3.8) is 0 Å². The second kappa shape index (κ2) is 38.0. The molecular formula is C43H71O8P. The molecule has 9 heteroatoms. The van der Waals surface area contributed by atoms with E-state index in [1.165, 1.54) is 25.7 Å². The number of esters is 2. The second-order valence-corrected chi connectivity index (χ2v) is 14.1. The molecule has 0 amide bonds. The Labute approximate surface area is 316 Å². The predicted molar refractivity (Wildman–Crippen MR) is 216 cm³/mol. The van der Waals surface area contributed by atoms with Crippen LogP contribution in [0, 0.1) is 0 Å². The van der Waals surface area contributed by atoms with Crippen LogP contribution in [0.25, 0.3) is 0 Å². The van der Waals surface area contributed by atoms with Gasteiger partial charge in [-0.2, -0.15) is 0 Å². The number of allylic oxidation sites excluding steroid dienone is 14. The number of phosphoric acid groups is 1. The zero-order valence-corrected chi connectivity index (χ0v) is 33.3. The lowest BCUT2D eigenvalue weighted by Gasteiger charge is -2.18. The molecule has 0 aliphatic carbocycles. The molecule has 0 saturated heterocycles. The van der Waals surface area contributed by atoms with Gasteiger partial charge >= 0.3 is 19.8 Å². The van der Waals surface area contributed by atoms with Gasteiger partial charge in [-0.05, 0) is 83.5 Å². The van der Waals surface area contributed by atoms with Crippen molar-refractivity contribution in [2.24, 2.45) is 0 Å². The van der Waals surface area contributed by atoms with E-state index in [0.717, 1.165) is 89.9 Å². The zero-order valence-electron chi connectivity index (χ0n) is 32.4. The molecule has 1 atom stereocenters. The van der Waals surface area contributed by atoms with E-state index in [1.54, 1.807) is 0 Å². The van der Waals surface area contributed by atoms with E-state index in [2.05, 4.69) is 103 Å². The SMILES string of the molecule is CC/C=C/C/C=C/C/C=C/C/C=C/C/C=C/CCCCCC(=O)O[C@H](COC(=O)CCCCCCC/C=C/C=C/CCCCCC)COP(=O)(O)O. The van der Waals surface area contributed by atoms with Crippen molar-refractivity contribution in [3.05, 3.63) is 85.1 Å². The van der Waals surface area contributed by atoms with Crippen molar-refractivity contribution in [2.75, 3.05) is 13.2 Å². The smallest absolute Gasteiger partial charge is 0.462 e. The van der Waals surface area contributed by atoms with Gasteiger partial charge in [0.25, 0.3) is 0 Å². The van der Waals surface area contributed by atoms with Gasteiger partial charge in [-0.25, -0.2) is 4.57 Å². The summed E-state index contributed by atoms with van der Waals surface area (Å²) in [6, 6.07) is 0. The van der Waals surface area contributed by atoms with Gasteiger partial charge in [0, 0.05) is 12.8 Å². The number of carbonyl (C=O) groups is 2. The van der Waals surface area contributed by atoms with Gasteiger partial charge in [-0.1, -0.05) is 144 Å². The molecule has 0 fully saturated rings. The maximum absolute atomic E-state index is 12.4. The van der Waals surface area contributed by atoms with Crippen molar-refractivity contribution < 1.29 is 37.9 Å². The minimum absolute atomic E-state index is 0.164. The molecule has 0 spiro atoms. The molecule has 296 valence electrons. The van der Waals surface area contributed by atoms with Crippen molar-refractivity contribution in [1.29, 1.82) is 0 Å². The third-order valence-corrected chi connectivity index (χ3v) is 8.41. The fourth-order valence-electron chi connectivity index (χ4n) is 4.98. The minimum Gasteiger partial charge on any atom is -0.462 e. The fraction of sp³-hybridized carbons (Fsp3) is 0.628. The van der Waals surface area contributed by atoms with Gasteiger partial charge in [0.15, 0.2) is 6.10 Å². The maximum Gasteiger partial charge on any atom is 0.469 e. The Balaban J connectivity index is 4.07. The van der Waals surface area contributed by atoms with Crippen LogP contribution >= 0.6 is 7.82 Å². The van der Waals surface area contributed by atoms with Crippen LogP contribution in [0.1, 0.15) is 155 Å². The van der Waals surface area contributed by atoms with Crippen molar-refractivity contribution >= 4 is 19.8 Å². The van der Waals surface area contributed by atoms with E-state index >= 15 is 0 Å². The molecule has 0 saturated carbocycles. The highest BCUT2D eigenvalue weighted by atomic mass is 31.2. The minimum atomic E-state index is -4.77. The molecule has 0 aromatic rings. The molecule has 0 aliphatic heterocycles. The Morgan fingerprint density at radius 1 is 0.538 bits per heavy atom. The molecule has 8 nitrogen and oxygen atoms in total. The van der Waals surface area contributed by atoms with E-state index in [9.17, 15) is 14.2 Å². The summed E-state index contributed by atoms with van der Waals surface area (Å²) in [5.74, 6) is -0.949. The standard InChI is InChI=1S/C43H71O8P/c1-3-5-7-9-11-13-15-17-19-20-21-22-24-26-28-30-32-34-36-38-43(45)51-41(40-50-52(46,47)48)39-49-42(44)37-35-33-31-29-27-25-23-18-16-14-12-10-8-6-4-2/h5,7,11,13-14,16-19,21-23,26,28,41H,3-4,6,8-10,12,15,20,24-25,27,29-40H2,1-2H3,(H2,46,47,48)/b7-5+,13-11+,16-14+,19-17+,22-21+,23-18+,28-26+/t41-/m1/s1. The fourth-order valence-corrected chi connectivity index (χ4v) is 5.34. The van der Waals surface area contributed by atoms with Crippen LogP contribution in [0.3, 0.4) is 0 Å². The molecule has 0 unspecified atom stereocenters. The maximum atomic E-state index is 12.4. The highest BCUT2D eigenvalue weighted by Gasteiger charge is 2.22. The van der Waals surface area contributed by atoms with Crippen LogP contribution in [0.15, 0.2) is 85.1 Å². The van der Waals surface area contributed by atoms with Crippen LogP contribution in [0.4, 0.5) is 0 Å². The van der Waals surface area contributed by atoms with Crippen molar-refractivity contribution in [2.45, 2.75) is 161 Å². The summed E-state index contributed by atoms with van der Waals surface area (Å²) in [6.45, 7) is 3.49. The predicted octanol–water partition coefficient (Wildman–Crippen LogP) is 12.1. The first-order chi connectivity index (χ1) is 25.3. The van der Waals surface area contributed by atoms with Crippen LogP contribution in [-0.2, 0) is 28.2 Å². The first kappa shape index (κ1) is 49.2. The van der Waals surface area contributed by atoms with E-state index in [-0.39, 0.29) is 19.4 Å². The number of hydrogen-bond donors (Lipinski definition) is 2. The summed E-state index contributed by atoms with van der Waals surface area (Å²) < 4.78 is 26.3. The van der Waals surface area contributed by atoms with Crippen LogP contribution in [-0.4, -0.2) is 41.0 Å². The largest absolute Gasteiger partial charge is 0.469 e. The number of hydrogen-bond acceptors (Lipinski definition) is 6. The summed E-state index contributed by atoms with van der Waals surface area (Å²) in [6.07, 6.45) is 50.1. The molecule has 0 bridgehead atoms. The van der Waals surface area contributed by atoms with Gasteiger partial charge in [-0.3, -0.25) is 14.1 Å². The Morgan fingerprint density at radius 2 is 0.981 bits per heavy atom. The number of rotatable bonds is 35. The topological polar surface area (TPSA) is 119 Å². The summed E-state index contributed by atoms with van der Waals surface area (Å²) in [7, 11) is -4.77. The van der Waals surface area contributed by atoms with Gasteiger partial charge in [0.05, 0.1) is 6.61 Å². The van der Waals surface area contributed by atoms with Crippen LogP contribution in [0.2, 0.25) is 0 Å². The monoisotopic (exact) mass is 746 g/mol. The highest BCUT2D eigenvalue weighted by molar-refractivity contribution is 7.46. The van der Waals surface area contributed by atoms with Crippen molar-refractivity contribution in [1.82, 2.24) is 0 Å². The van der Waals surface area contributed by atoms with E-state index < -0.39 is 32.5 Å². The van der Waals surface area contributed by atoms with E-state index in [1.807, 2.05) is 0 Å². The first-order valence-corrected chi connectivity index (χ1v) is 21.4. The lowest BCUT2D eigenvalue weighted by molar-refractivity contribution is -0.161. The summed E-state index contributed by atoms with van der Waals surface area (Å²) >= 11 is 0. The molecular weight excluding hydrogens is 675 g/mol. The number of phosphoric ester groups is 1. The molecule has 0 rings (SSSR count). The van der Waals surface area contributed by atoms with Gasteiger partial charge in [0.2, 0.25) is 0 Å². The third-order valence-electron chi connectivity index (χ3n) is 7.93. The van der Waals surface area contributed by atoms with Gasteiger partial charge < -0.3 is 19.3 Å². The lowest BCUT2D eigenvalue weighted by Crippen LogP contribution is -2.29. The summed E-state index contributed by atoms with van der Waals surface area (Å²) in [5, 5.41) is 0. The second-order valence-electron chi connectivity index (χ2n) is 12.9. The molecule has 0 aromatic carbocycles. The Bertz CT molecular complexity index is 1110. The molecule has 0 aliphatic rings. The van der Waals surface area contributed by atoms with Crippen LogP contribution < -0.4 is 0 Å². The average Bonchev–Trinajstić information content (AvgIpc) is 3.11. The Hall–Kier alpha value is -2.77. The third kappa shape index (κ3) is 40.0. The molecule has 2 N–H and O–H groups in total. The number of ether oxygens (including phenoxy) is 2. The highest BCUT2D eigenvalue weighted by Crippen LogP contribution is 2.36. The Kier molecular flexibility index (Phi) is 35.9. The van der Waals surface area contributed by atoms with E-state index in [0.29, 0.717) is 12.8 Å². The van der Waals surface area contributed by atoms with Gasteiger partial charge in [-0.15, -0.1) is 0 Å². The molecule has 0 radical (unpaired) electrons. The lowest BCUT2D eigenvalue weighted by atomic mass is 10.1. The quantitative estimate of drug-likeness (QED) is 0.0216. The van der Waals surface area contributed by atoms with Gasteiger partial charge in [0.1, 0.15) is 6.61 Å². The molecule has 52 heavy (non-hydrogen) atoms. The van der Waals surface area contributed by atoms with E-state index in [4.69, 9.17) is 19.3 Å². The van der Waals surface area contributed by atoms with Crippen molar-refractivity contribution in [3.8, 4) is 0 Å². The molecule has 0 heterocycles. The Morgan fingerprint density at radius 3 is 1.52 bits per heavy atom. The number of carbonyl (C=O) groups excluding carboxylic acids is 2. The summed E-state index contributed by atoms with van der Waals surface area (Å²) in [4.78, 5) is 42.8. The normalized spacial score (nSPS) is 13.4. The molecule has 0 aromatic heterocycles. The zero-order chi connectivity index (χ0) is 38.2. The number of unbranched alkanes of at least 4 members (excludes halogenated alkanes) is 12. The summed E-state index contributed by atoms with van der Waals surface area (Å²) in [5.41, 5.74) is 0.